The summed E-state index contributed by atoms with van der Waals surface area (Å²) in [5.41, 5.74) is -1.59. The van der Waals surface area contributed by atoms with Crippen molar-refractivity contribution in [3.63, 3.8) is 0 Å². The summed E-state index contributed by atoms with van der Waals surface area (Å²) >= 11 is 0.989. The smallest absolute Gasteiger partial charge is 0.411 e. The second-order valence-electron chi connectivity index (χ2n) is 3.92. The first-order valence-corrected chi connectivity index (χ1v) is 5.71. The van der Waals surface area contributed by atoms with E-state index in [0.717, 1.165) is 11.3 Å². The molecule has 0 saturated heterocycles. The Balaban J connectivity index is 2.05. The van der Waals surface area contributed by atoms with Crippen molar-refractivity contribution < 1.29 is 23.1 Å². The third-order valence-corrected chi connectivity index (χ3v) is 3.33. The molecule has 1 aromatic heterocycles. The summed E-state index contributed by atoms with van der Waals surface area (Å²) in [6.45, 7) is 0. The molecule has 1 aliphatic rings. The number of nitrogens with one attached hydrogen (secondary N) is 1. The van der Waals surface area contributed by atoms with Crippen LogP contribution < -0.4 is 5.32 Å². The molecule has 0 atom stereocenters. The number of aromatic nitrogens is 1. The number of anilines is 1. The number of aliphatic carboxylic acids is 1. The first-order valence-electron chi connectivity index (χ1n) is 4.83. The number of halogens is 3. The van der Waals surface area contributed by atoms with Crippen molar-refractivity contribution >= 4 is 22.4 Å². The van der Waals surface area contributed by atoms with Gasteiger partial charge in [0.05, 0.1) is 12.1 Å². The van der Waals surface area contributed by atoms with Gasteiger partial charge in [0.1, 0.15) is 5.54 Å². The summed E-state index contributed by atoms with van der Waals surface area (Å²) in [6.07, 6.45) is -4.52. The average molecular weight is 266 g/mol. The molecule has 0 bridgehead atoms. The average Bonchev–Trinajstić information content (AvgIpc) is 2.82. The topological polar surface area (TPSA) is 62.2 Å². The highest BCUT2D eigenvalue weighted by Gasteiger charge is 2.63. The number of thiazole rings is 1. The maximum atomic E-state index is 12.6. The number of carboxylic acid groups (broad SMARTS) is 1. The lowest BCUT2D eigenvalue weighted by atomic mass is 10.3. The summed E-state index contributed by atoms with van der Waals surface area (Å²) in [7, 11) is 0. The van der Waals surface area contributed by atoms with E-state index < -0.39 is 17.7 Å². The quantitative estimate of drug-likeness (QED) is 0.877. The van der Waals surface area contributed by atoms with E-state index in [-0.39, 0.29) is 30.1 Å². The van der Waals surface area contributed by atoms with Gasteiger partial charge in [0, 0.05) is 5.38 Å². The van der Waals surface area contributed by atoms with E-state index in [4.69, 9.17) is 5.11 Å². The van der Waals surface area contributed by atoms with Gasteiger partial charge in [-0.1, -0.05) is 0 Å². The van der Waals surface area contributed by atoms with Gasteiger partial charge in [-0.25, -0.2) is 4.98 Å². The fourth-order valence-corrected chi connectivity index (χ4v) is 2.22. The molecule has 94 valence electrons. The van der Waals surface area contributed by atoms with Crippen molar-refractivity contribution in [3.8, 4) is 0 Å². The summed E-state index contributed by atoms with van der Waals surface area (Å²) in [6, 6.07) is 0. The number of nitrogens with zero attached hydrogens (tertiary/aromatic N) is 1. The fraction of sp³-hybridized carbons (Fsp3) is 0.556. The van der Waals surface area contributed by atoms with E-state index in [1.54, 1.807) is 0 Å². The van der Waals surface area contributed by atoms with Crippen LogP contribution in [-0.2, 0) is 11.2 Å². The monoisotopic (exact) mass is 266 g/mol. The Kier molecular flexibility index (Phi) is 2.76. The summed E-state index contributed by atoms with van der Waals surface area (Å²) in [5.74, 6) is -1.06. The molecule has 4 nitrogen and oxygen atoms in total. The van der Waals surface area contributed by atoms with Gasteiger partial charge in [0.15, 0.2) is 5.13 Å². The molecule has 1 aliphatic carbocycles. The van der Waals surface area contributed by atoms with Crippen LogP contribution in [0.1, 0.15) is 18.5 Å². The highest BCUT2D eigenvalue weighted by Crippen LogP contribution is 2.51. The Morgan fingerprint density at radius 1 is 1.59 bits per heavy atom. The molecule has 1 saturated carbocycles. The lowest BCUT2D eigenvalue weighted by Gasteiger charge is -2.19. The van der Waals surface area contributed by atoms with E-state index in [1.807, 2.05) is 0 Å². The number of carbonyl (C=O) groups is 1. The zero-order chi connectivity index (χ0) is 12.7. The molecule has 2 N–H and O–H groups in total. The number of alkyl halides is 3. The van der Waals surface area contributed by atoms with Crippen LogP contribution in [0.2, 0.25) is 0 Å². The predicted molar refractivity (Wildman–Crippen MR) is 55.1 cm³/mol. The highest BCUT2D eigenvalue weighted by atomic mass is 32.1. The van der Waals surface area contributed by atoms with Gasteiger partial charge in [-0.3, -0.25) is 4.79 Å². The van der Waals surface area contributed by atoms with Gasteiger partial charge in [0.25, 0.3) is 0 Å². The van der Waals surface area contributed by atoms with Gasteiger partial charge < -0.3 is 10.4 Å². The van der Waals surface area contributed by atoms with Crippen LogP contribution in [0.5, 0.6) is 0 Å². The van der Waals surface area contributed by atoms with Gasteiger partial charge in [-0.15, -0.1) is 11.3 Å². The van der Waals surface area contributed by atoms with E-state index in [0.29, 0.717) is 0 Å². The summed E-state index contributed by atoms with van der Waals surface area (Å²) in [4.78, 5) is 14.2. The molecule has 1 heterocycles. The summed E-state index contributed by atoms with van der Waals surface area (Å²) < 4.78 is 37.9. The van der Waals surface area contributed by atoms with Crippen molar-refractivity contribution in [2.75, 3.05) is 5.32 Å². The number of rotatable bonds is 4. The molecule has 1 aromatic rings. The molecule has 17 heavy (non-hydrogen) atoms. The van der Waals surface area contributed by atoms with Crippen LogP contribution in [0, 0.1) is 0 Å². The van der Waals surface area contributed by atoms with E-state index in [2.05, 4.69) is 10.3 Å². The minimum Gasteiger partial charge on any atom is -0.481 e. The first-order chi connectivity index (χ1) is 7.82. The van der Waals surface area contributed by atoms with Crippen LogP contribution in [0.4, 0.5) is 18.3 Å². The van der Waals surface area contributed by atoms with Gasteiger partial charge >= 0.3 is 12.1 Å². The molecule has 0 radical (unpaired) electrons. The molecule has 0 aliphatic heterocycles. The van der Waals surface area contributed by atoms with E-state index in [1.165, 1.54) is 5.38 Å². The van der Waals surface area contributed by atoms with Crippen LogP contribution >= 0.6 is 11.3 Å². The van der Waals surface area contributed by atoms with Crippen LogP contribution in [0.3, 0.4) is 0 Å². The molecular weight excluding hydrogens is 257 g/mol. The van der Waals surface area contributed by atoms with Gasteiger partial charge in [0.2, 0.25) is 0 Å². The number of carboxylic acids is 1. The minimum atomic E-state index is -4.30. The molecule has 2 rings (SSSR count). The summed E-state index contributed by atoms with van der Waals surface area (Å²) in [5, 5.41) is 12.4. The Labute approximate surface area is 98.5 Å². The second-order valence-corrected chi connectivity index (χ2v) is 4.78. The first kappa shape index (κ1) is 12.2. The van der Waals surface area contributed by atoms with Crippen molar-refractivity contribution in [2.45, 2.75) is 31.0 Å². The second kappa shape index (κ2) is 3.86. The van der Waals surface area contributed by atoms with Crippen LogP contribution in [0.15, 0.2) is 5.38 Å². The molecule has 8 heteroatoms. The van der Waals surface area contributed by atoms with E-state index >= 15 is 0 Å². The normalized spacial score (nSPS) is 17.8. The SMILES string of the molecule is O=C(O)Cc1csc(NC2(C(F)(F)F)CC2)n1. The van der Waals surface area contributed by atoms with Crippen LogP contribution in [0.25, 0.3) is 0 Å². The molecule has 0 spiro atoms. The molecule has 1 fully saturated rings. The number of hydrogen-bond acceptors (Lipinski definition) is 4. The third-order valence-electron chi connectivity index (χ3n) is 2.52. The largest absolute Gasteiger partial charge is 0.481 e. The van der Waals surface area contributed by atoms with E-state index in [9.17, 15) is 18.0 Å². The molecular formula is C9H9F3N2O2S. The predicted octanol–water partition coefficient (Wildman–Crippen LogP) is 2.28. The Bertz CT molecular complexity index is 440. The van der Waals surface area contributed by atoms with Crippen molar-refractivity contribution in [1.29, 1.82) is 0 Å². The van der Waals surface area contributed by atoms with Crippen molar-refractivity contribution in [2.24, 2.45) is 0 Å². The standard InChI is InChI=1S/C9H9F3N2O2S/c10-9(11,12)8(1-2-8)14-7-13-5(4-17-7)3-6(15)16/h4H,1-3H2,(H,13,14)(H,15,16). The lowest BCUT2D eigenvalue weighted by Crippen LogP contribution is -2.38. The molecule has 0 unspecified atom stereocenters. The Morgan fingerprint density at radius 3 is 2.71 bits per heavy atom. The number of hydrogen-bond donors (Lipinski definition) is 2. The van der Waals surface area contributed by atoms with Crippen molar-refractivity contribution in [3.05, 3.63) is 11.1 Å². The lowest BCUT2D eigenvalue weighted by molar-refractivity contribution is -0.151. The maximum Gasteiger partial charge on any atom is 0.411 e. The molecule has 0 amide bonds. The zero-order valence-electron chi connectivity index (χ0n) is 8.54. The van der Waals surface area contributed by atoms with Gasteiger partial charge in [-0.2, -0.15) is 13.2 Å². The fourth-order valence-electron chi connectivity index (χ4n) is 1.41. The Hall–Kier alpha value is -1.31. The van der Waals surface area contributed by atoms with Gasteiger partial charge in [-0.05, 0) is 12.8 Å². The zero-order valence-corrected chi connectivity index (χ0v) is 9.36. The van der Waals surface area contributed by atoms with Crippen molar-refractivity contribution in [1.82, 2.24) is 4.98 Å². The Morgan fingerprint density at radius 2 is 2.24 bits per heavy atom. The third kappa shape index (κ3) is 2.51. The minimum absolute atomic E-state index is 0.0321. The highest BCUT2D eigenvalue weighted by molar-refractivity contribution is 7.13. The molecule has 0 aromatic carbocycles. The van der Waals surface area contributed by atoms with Crippen LogP contribution in [-0.4, -0.2) is 27.8 Å². The maximum absolute atomic E-state index is 12.6.